The van der Waals surface area contributed by atoms with Crippen LogP contribution in [0, 0.1) is 5.92 Å². The number of carbonyl (C=O) groups excluding carboxylic acids is 1. The number of amides is 1. The van der Waals surface area contributed by atoms with Gasteiger partial charge in [0.15, 0.2) is 0 Å². The third-order valence-corrected chi connectivity index (χ3v) is 5.93. The Kier molecular flexibility index (Phi) is 4.81. The van der Waals surface area contributed by atoms with Crippen molar-refractivity contribution < 1.29 is 9.53 Å². The van der Waals surface area contributed by atoms with Gasteiger partial charge in [-0.3, -0.25) is 9.59 Å². The lowest BCUT2D eigenvalue weighted by atomic mass is 9.88. The van der Waals surface area contributed by atoms with Crippen molar-refractivity contribution in [2.75, 3.05) is 0 Å². The van der Waals surface area contributed by atoms with E-state index >= 15 is 0 Å². The van der Waals surface area contributed by atoms with Gasteiger partial charge in [0.05, 0.1) is 17.7 Å². The number of nitrogens with one attached hydrogen (secondary N) is 1. The van der Waals surface area contributed by atoms with Gasteiger partial charge >= 0.3 is 0 Å². The zero-order valence-corrected chi connectivity index (χ0v) is 16.3. The zero-order valence-electron chi connectivity index (χ0n) is 16.3. The van der Waals surface area contributed by atoms with Gasteiger partial charge in [-0.25, -0.2) is 0 Å². The van der Waals surface area contributed by atoms with Crippen molar-refractivity contribution >= 4 is 16.8 Å². The summed E-state index contributed by atoms with van der Waals surface area (Å²) in [6.45, 7) is 6.62. The molecule has 1 aromatic carbocycles. The Bertz CT molecular complexity index is 931. The summed E-state index contributed by atoms with van der Waals surface area (Å²) in [7, 11) is 0. The van der Waals surface area contributed by atoms with E-state index in [1.807, 2.05) is 4.57 Å². The van der Waals surface area contributed by atoms with Crippen molar-refractivity contribution in [3.8, 4) is 0 Å². The van der Waals surface area contributed by atoms with Gasteiger partial charge in [-0.2, -0.15) is 0 Å². The highest BCUT2D eigenvalue weighted by atomic mass is 16.5. The quantitative estimate of drug-likeness (QED) is 0.904. The van der Waals surface area contributed by atoms with Crippen molar-refractivity contribution in [2.45, 2.75) is 71.2 Å². The lowest BCUT2D eigenvalue weighted by molar-refractivity contribution is -0.123. The molecule has 1 fully saturated rings. The molecule has 0 unspecified atom stereocenters. The van der Waals surface area contributed by atoms with Crippen LogP contribution < -0.4 is 10.9 Å². The minimum atomic E-state index is -0.178. The topological polar surface area (TPSA) is 60.3 Å². The molecule has 4 rings (SSSR count). The van der Waals surface area contributed by atoms with E-state index in [4.69, 9.17) is 4.74 Å². The highest BCUT2D eigenvalue weighted by Crippen LogP contribution is 2.38. The predicted octanol–water partition coefficient (Wildman–Crippen LogP) is 3.33. The Morgan fingerprint density at radius 2 is 2.11 bits per heavy atom. The molecule has 5 nitrogen and oxygen atoms in total. The fourth-order valence-electron chi connectivity index (χ4n) is 4.65. The molecule has 3 heterocycles. The van der Waals surface area contributed by atoms with Gasteiger partial charge < -0.3 is 14.6 Å². The number of aryl methyl sites for hydroxylation is 2. The first-order valence-corrected chi connectivity index (χ1v) is 10.0. The van der Waals surface area contributed by atoms with Crippen molar-refractivity contribution in [1.29, 1.82) is 0 Å². The second kappa shape index (κ2) is 7.12. The molecule has 1 saturated heterocycles. The summed E-state index contributed by atoms with van der Waals surface area (Å²) in [5.41, 5.74) is 3.33. The van der Waals surface area contributed by atoms with E-state index < -0.39 is 0 Å². The molecule has 2 aliphatic heterocycles. The van der Waals surface area contributed by atoms with Crippen LogP contribution in [0.25, 0.3) is 10.9 Å². The lowest BCUT2D eigenvalue weighted by Gasteiger charge is -2.38. The molecule has 1 N–H and O–H groups in total. The molecule has 1 amide bonds. The van der Waals surface area contributed by atoms with Crippen molar-refractivity contribution in [3.63, 3.8) is 0 Å². The minimum Gasteiger partial charge on any atom is -0.370 e. The van der Waals surface area contributed by atoms with Crippen molar-refractivity contribution in [1.82, 2.24) is 9.88 Å². The number of hydrogen-bond donors (Lipinski definition) is 1. The molecule has 3 atom stereocenters. The predicted molar refractivity (Wildman–Crippen MR) is 106 cm³/mol. The normalized spacial score (nSPS) is 25.0. The monoisotopic (exact) mass is 368 g/mol. The van der Waals surface area contributed by atoms with E-state index in [0.29, 0.717) is 12.3 Å². The fourth-order valence-corrected chi connectivity index (χ4v) is 4.65. The first-order chi connectivity index (χ1) is 12.9. The van der Waals surface area contributed by atoms with E-state index in [2.05, 4.69) is 37.4 Å². The van der Waals surface area contributed by atoms with Crippen molar-refractivity contribution in [2.24, 2.45) is 5.92 Å². The zero-order chi connectivity index (χ0) is 19.1. The van der Waals surface area contributed by atoms with Crippen LogP contribution in [0.15, 0.2) is 29.1 Å². The smallest absolute Gasteiger partial charge is 0.251 e. The Labute approximate surface area is 159 Å². The van der Waals surface area contributed by atoms with Crippen molar-refractivity contribution in [3.05, 3.63) is 45.7 Å². The summed E-state index contributed by atoms with van der Waals surface area (Å²) in [5, 5.41) is 4.19. The number of nitrogens with zero attached hydrogens (tertiary/aromatic N) is 1. The SMILES string of the molecule is CC(=O)N[C@H]1C[C@@H](c2cc(=O)n3c4c(cccc24)CCC3)O[C@@H](C(C)C)C1. The number of benzene rings is 1. The Morgan fingerprint density at radius 1 is 1.30 bits per heavy atom. The summed E-state index contributed by atoms with van der Waals surface area (Å²) < 4.78 is 8.35. The van der Waals surface area contributed by atoms with Crippen LogP contribution in [-0.2, 0) is 22.5 Å². The molecule has 2 aliphatic rings. The van der Waals surface area contributed by atoms with Crippen LogP contribution in [0.3, 0.4) is 0 Å². The maximum atomic E-state index is 12.8. The van der Waals surface area contributed by atoms with E-state index in [1.54, 1.807) is 13.0 Å². The average Bonchev–Trinajstić information content (AvgIpc) is 2.63. The number of pyridine rings is 1. The van der Waals surface area contributed by atoms with E-state index in [0.717, 1.165) is 42.3 Å². The number of rotatable bonds is 3. The fraction of sp³-hybridized carbons (Fsp3) is 0.545. The van der Waals surface area contributed by atoms with Gasteiger partial charge in [-0.1, -0.05) is 32.0 Å². The van der Waals surface area contributed by atoms with Crippen LogP contribution in [0.4, 0.5) is 0 Å². The third-order valence-electron chi connectivity index (χ3n) is 5.93. The molecule has 27 heavy (non-hydrogen) atoms. The van der Waals surface area contributed by atoms with Crippen LogP contribution in [-0.4, -0.2) is 22.6 Å². The molecule has 0 spiro atoms. The van der Waals surface area contributed by atoms with E-state index in [1.165, 1.54) is 5.56 Å². The molecule has 0 bridgehead atoms. The van der Waals surface area contributed by atoms with Crippen LogP contribution in [0.5, 0.6) is 0 Å². The van der Waals surface area contributed by atoms with Gasteiger partial charge in [0.1, 0.15) is 0 Å². The first-order valence-electron chi connectivity index (χ1n) is 10.0. The Morgan fingerprint density at radius 3 is 2.85 bits per heavy atom. The largest absolute Gasteiger partial charge is 0.370 e. The molecule has 5 heteroatoms. The maximum absolute atomic E-state index is 12.8. The molecule has 0 radical (unpaired) electrons. The molecule has 2 aromatic rings. The highest BCUT2D eigenvalue weighted by Gasteiger charge is 2.34. The number of carbonyl (C=O) groups is 1. The molecule has 0 saturated carbocycles. The van der Waals surface area contributed by atoms with E-state index in [9.17, 15) is 9.59 Å². The van der Waals surface area contributed by atoms with Crippen LogP contribution in [0.2, 0.25) is 0 Å². The second-order valence-electron chi connectivity index (χ2n) is 8.28. The number of ether oxygens (including phenoxy) is 1. The van der Waals surface area contributed by atoms with Gasteiger partial charge in [0.2, 0.25) is 5.91 Å². The maximum Gasteiger partial charge on any atom is 0.251 e. The summed E-state index contributed by atoms with van der Waals surface area (Å²) in [4.78, 5) is 24.5. The Hall–Kier alpha value is -2.14. The highest BCUT2D eigenvalue weighted by molar-refractivity contribution is 5.86. The summed E-state index contributed by atoms with van der Waals surface area (Å²) in [6, 6.07) is 8.14. The van der Waals surface area contributed by atoms with Gasteiger partial charge in [-0.05, 0) is 42.7 Å². The average molecular weight is 368 g/mol. The minimum absolute atomic E-state index is 0.0138. The standard InChI is InChI=1S/C22H28N2O3/c1-13(2)19-10-16(23-14(3)25)11-20(27-19)18-12-21(26)24-9-5-7-15-6-4-8-17(18)22(15)24/h4,6,8,12-13,16,19-20H,5,7,9-11H2,1-3H3,(H,23,25)/t16-,19-,20+/m1/s1. The molecule has 1 aromatic heterocycles. The summed E-state index contributed by atoms with van der Waals surface area (Å²) in [5.74, 6) is 0.338. The van der Waals surface area contributed by atoms with Crippen LogP contribution >= 0.6 is 0 Å². The number of hydrogen-bond acceptors (Lipinski definition) is 3. The second-order valence-corrected chi connectivity index (χ2v) is 8.28. The summed E-state index contributed by atoms with van der Waals surface area (Å²) in [6.07, 6.45) is 3.41. The molecular formula is C22H28N2O3. The lowest BCUT2D eigenvalue weighted by Crippen LogP contribution is -2.44. The molecule has 144 valence electrons. The van der Waals surface area contributed by atoms with Gasteiger partial charge in [-0.15, -0.1) is 0 Å². The van der Waals surface area contributed by atoms with Gasteiger partial charge in [0.25, 0.3) is 5.56 Å². The first kappa shape index (κ1) is 18.2. The Balaban J connectivity index is 1.80. The van der Waals surface area contributed by atoms with Gasteiger partial charge in [0, 0.05) is 31.0 Å². The van der Waals surface area contributed by atoms with E-state index in [-0.39, 0.29) is 29.7 Å². The summed E-state index contributed by atoms with van der Waals surface area (Å²) >= 11 is 0. The molecule has 0 aliphatic carbocycles. The molecular weight excluding hydrogens is 340 g/mol. The third kappa shape index (κ3) is 3.41. The number of aromatic nitrogens is 1. The van der Waals surface area contributed by atoms with Crippen LogP contribution in [0.1, 0.15) is 57.3 Å². The number of para-hydroxylation sites is 1.